The zero-order chi connectivity index (χ0) is 20.4. The van der Waals surface area contributed by atoms with Crippen molar-refractivity contribution in [2.24, 2.45) is 0 Å². The molecule has 0 unspecified atom stereocenters. The Bertz CT molecular complexity index is 1190. The van der Waals surface area contributed by atoms with Gasteiger partial charge in [-0.25, -0.2) is 14.4 Å². The van der Waals surface area contributed by atoms with Gasteiger partial charge >= 0.3 is 0 Å². The first-order valence-corrected chi connectivity index (χ1v) is 8.74. The number of amides is 2. The SMILES string of the molecule is CN(C(=O)c1ccc2ncc(-c3ccc(NC=O)nc3)n2c1)c1ccc(F)cc1. The summed E-state index contributed by atoms with van der Waals surface area (Å²) in [5.41, 5.74) is 3.26. The highest BCUT2D eigenvalue weighted by atomic mass is 19.1. The van der Waals surface area contributed by atoms with E-state index in [0.717, 1.165) is 11.3 Å². The molecule has 8 heteroatoms. The standard InChI is InChI=1S/C21H16FN5O2/c1-26(17-6-4-16(22)5-7-17)21(29)15-3-9-20-24-11-18(27(20)12-15)14-2-8-19(23-10-14)25-13-28/h2-13H,1H3,(H,23,25,28). The molecule has 3 aromatic heterocycles. The van der Waals surface area contributed by atoms with Crippen LogP contribution in [-0.2, 0) is 4.79 Å². The van der Waals surface area contributed by atoms with E-state index >= 15 is 0 Å². The topological polar surface area (TPSA) is 79.6 Å². The van der Waals surface area contributed by atoms with Gasteiger partial charge in [-0.3, -0.25) is 14.0 Å². The van der Waals surface area contributed by atoms with Crippen molar-refractivity contribution in [2.75, 3.05) is 17.3 Å². The van der Waals surface area contributed by atoms with Crippen LogP contribution in [0.2, 0.25) is 0 Å². The van der Waals surface area contributed by atoms with Gasteiger partial charge in [-0.15, -0.1) is 0 Å². The molecule has 2 amide bonds. The lowest BCUT2D eigenvalue weighted by Gasteiger charge is -2.17. The molecule has 0 aliphatic rings. The summed E-state index contributed by atoms with van der Waals surface area (Å²) in [5.74, 6) is -0.154. The van der Waals surface area contributed by atoms with Crippen LogP contribution >= 0.6 is 0 Å². The quantitative estimate of drug-likeness (QED) is 0.531. The predicted octanol–water partition coefficient (Wildman–Crippen LogP) is 3.38. The lowest BCUT2D eigenvalue weighted by Crippen LogP contribution is -2.26. The Morgan fingerprint density at radius 2 is 1.86 bits per heavy atom. The van der Waals surface area contributed by atoms with E-state index in [0.29, 0.717) is 29.1 Å². The number of pyridine rings is 2. The zero-order valence-corrected chi connectivity index (χ0v) is 15.4. The van der Waals surface area contributed by atoms with Crippen LogP contribution < -0.4 is 10.2 Å². The molecule has 1 aromatic carbocycles. The Labute approximate surface area is 165 Å². The minimum atomic E-state index is -0.359. The van der Waals surface area contributed by atoms with Gasteiger partial charge in [0.25, 0.3) is 5.91 Å². The molecule has 0 aliphatic carbocycles. The molecular formula is C21H16FN5O2. The van der Waals surface area contributed by atoms with Crippen LogP contribution in [0.25, 0.3) is 16.9 Å². The molecule has 0 fully saturated rings. The van der Waals surface area contributed by atoms with Crippen LogP contribution in [0, 0.1) is 5.82 Å². The number of aromatic nitrogens is 3. The van der Waals surface area contributed by atoms with E-state index < -0.39 is 0 Å². The van der Waals surface area contributed by atoms with Gasteiger partial charge in [-0.1, -0.05) is 0 Å². The Morgan fingerprint density at radius 1 is 1.07 bits per heavy atom. The van der Waals surface area contributed by atoms with Crippen molar-refractivity contribution in [2.45, 2.75) is 0 Å². The Morgan fingerprint density at radius 3 is 2.55 bits per heavy atom. The number of nitrogens with one attached hydrogen (secondary N) is 1. The van der Waals surface area contributed by atoms with Gasteiger partial charge in [-0.2, -0.15) is 0 Å². The third kappa shape index (κ3) is 3.55. The van der Waals surface area contributed by atoms with Crippen LogP contribution in [0.5, 0.6) is 0 Å². The summed E-state index contributed by atoms with van der Waals surface area (Å²) in [6, 6.07) is 12.7. The average Bonchev–Trinajstić information content (AvgIpc) is 3.17. The highest BCUT2D eigenvalue weighted by Crippen LogP contribution is 2.23. The zero-order valence-electron chi connectivity index (χ0n) is 15.4. The molecule has 144 valence electrons. The summed E-state index contributed by atoms with van der Waals surface area (Å²) in [4.78, 5) is 33.4. The fourth-order valence-corrected chi connectivity index (χ4v) is 2.99. The Balaban J connectivity index is 1.68. The van der Waals surface area contributed by atoms with Crippen molar-refractivity contribution < 1.29 is 14.0 Å². The van der Waals surface area contributed by atoms with E-state index in [9.17, 15) is 14.0 Å². The van der Waals surface area contributed by atoms with Crippen molar-refractivity contribution in [3.05, 3.63) is 78.5 Å². The van der Waals surface area contributed by atoms with Crippen LogP contribution in [-0.4, -0.2) is 33.7 Å². The molecule has 1 N–H and O–H groups in total. The van der Waals surface area contributed by atoms with Crippen molar-refractivity contribution in [1.29, 1.82) is 0 Å². The van der Waals surface area contributed by atoms with Crippen molar-refractivity contribution in [3.63, 3.8) is 0 Å². The highest BCUT2D eigenvalue weighted by Gasteiger charge is 2.16. The van der Waals surface area contributed by atoms with E-state index in [1.807, 2.05) is 0 Å². The van der Waals surface area contributed by atoms with Crippen molar-refractivity contribution >= 4 is 29.5 Å². The van der Waals surface area contributed by atoms with Gasteiger partial charge in [0.2, 0.25) is 6.41 Å². The number of carbonyl (C=O) groups is 2. The number of hydrogen-bond acceptors (Lipinski definition) is 4. The third-order valence-electron chi connectivity index (χ3n) is 4.54. The number of imidazole rings is 1. The van der Waals surface area contributed by atoms with Crippen molar-refractivity contribution in [1.82, 2.24) is 14.4 Å². The second-order valence-electron chi connectivity index (χ2n) is 6.32. The number of nitrogens with zero attached hydrogens (tertiary/aromatic N) is 4. The monoisotopic (exact) mass is 389 g/mol. The minimum Gasteiger partial charge on any atom is -0.313 e. The lowest BCUT2D eigenvalue weighted by molar-refractivity contribution is -0.105. The first kappa shape index (κ1) is 18.3. The van der Waals surface area contributed by atoms with Crippen molar-refractivity contribution in [3.8, 4) is 11.3 Å². The van der Waals surface area contributed by atoms with Crippen LogP contribution in [0.1, 0.15) is 10.4 Å². The van der Waals surface area contributed by atoms with Gasteiger partial charge in [0, 0.05) is 30.7 Å². The number of rotatable bonds is 5. The molecule has 0 spiro atoms. The molecule has 0 saturated carbocycles. The molecule has 3 heterocycles. The normalized spacial score (nSPS) is 10.7. The van der Waals surface area contributed by atoms with E-state index in [4.69, 9.17) is 0 Å². The molecule has 0 radical (unpaired) electrons. The average molecular weight is 389 g/mol. The fraction of sp³-hybridized carbons (Fsp3) is 0.0476. The lowest BCUT2D eigenvalue weighted by atomic mass is 10.2. The molecule has 29 heavy (non-hydrogen) atoms. The van der Waals surface area contributed by atoms with Crippen LogP contribution in [0.3, 0.4) is 0 Å². The van der Waals surface area contributed by atoms with Crippen LogP contribution in [0.15, 0.2) is 67.1 Å². The van der Waals surface area contributed by atoms with E-state index in [1.54, 1.807) is 66.4 Å². The number of fused-ring (bicyclic) bond motifs is 1. The number of hydrogen-bond donors (Lipinski definition) is 1. The summed E-state index contributed by atoms with van der Waals surface area (Å²) in [6.07, 6.45) is 5.58. The molecule has 0 saturated heterocycles. The second kappa shape index (κ2) is 7.51. The molecule has 4 aromatic rings. The molecule has 0 atom stereocenters. The molecule has 4 rings (SSSR count). The first-order chi connectivity index (χ1) is 14.1. The number of halogens is 1. The maximum atomic E-state index is 13.1. The largest absolute Gasteiger partial charge is 0.313 e. The summed E-state index contributed by atoms with van der Waals surface area (Å²) in [5, 5.41) is 2.48. The molecule has 7 nitrogen and oxygen atoms in total. The van der Waals surface area contributed by atoms with Crippen LogP contribution in [0.4, 0.5) is 15.9 Å². The first-order valence-electron chi connectivity index (χ1n) is 8.74. The molecule has 0 bridgehead atoms. The summed E-state index contributed by atoms with van der Waals surface area (Å²) < 4.78 is 14.9. The Hall–Kier alpha value is -4.07. The maximum Gasteiger partial charge on any atom is 0.259 e. The number of anilines is 2. The van der Waals surface area contributed by atoms with Gasteiger partial charge in [0.15, 0.2) is 0 Å². The van der Waals surface area contributed by atoms with Gasteiger partial charge in [0.1, 0.15) is 17.3 Å². The van der Waals surface area contributed by atoms with E-state index in [2.05, 4.69) is 15.3 Å². The predicted molar refractivity (Wildman–Crippen MR) is 107 cm³/mol. The number of carbonyl (C=O) groups excluding carboxylic acids is 2. The summed E-state index contributed by atoms with van der Waals surface area (Å²) >= 11 is 0. The maximum absolute atomic E-state index is 13.1. The fourth-order valence-electron chi connectivity index (χ4n) is 2.99. The van der Waals surface area contributed by atoms with E-state index in [1.165, 1.54) is 17.0 Å². The smallest absolute Gasteiger partial charge is 0.259 e. The highest BCUT2D eigenvalue weighted by molar-refractivity contribution is 6.05. The summed E-state index contributed by atoms with van der Waals surface area (Å²) in [6.45, 7) is 0. The van der Waals surface area contributed by atoms with Gasteiger partial charge in [0.05, 0.1) is 17.5 Å². The van der Waals surface area contributed by atoms with Gasteiger partial charge in [-0.05, 0) is 48.5 Å². The minimum absolute atomic E-state index is 0.234. The molecular weight excluding hydrogens is 373 g/mol. The Kier molecular flexibility index (Phi) is 4.74. The third-order valence-corrected chi connectivity index (χ3v) is 4.54. The molecule has 0 aliphatic heterocycles. The number of benzene rings is 1. The summed E-state index contributed by atoms with van der Waals surface area (Å²) in [7, 11) is 1.64. The van der Waals surface area contributed by atoms with Gasteiger partial charge < -0.3 is 10.2 Å². The van der Waals surface area contributed by atoms with E-state index in [-0.39, 0.29) is 11.7 Å². The second-order valence-corrected chi connectivity index (χ2v) is 6.32.